The van der Waals surface area contributed by atoms with Crippen molar-refractivity contribution in [1.82, 2.24) is 0 Å². The molecule has 5 heteroatoms. The Labute approximate surface area is 113 Å². The first-order valence-corrected chi connectivity index (χ1v) is 9.59. The molecule has 0 aromatic carbocycles. The molecular formula is C12H20O4Sn-2. The molecule has 4 nitrogen and oxygen atoms in total. The van der Waals surface area contributed by atoms with Crippen LogP contribution in [0.15, 0.2) is 0 Å². The Morgan fingerprint density at radius 1 is 1.06 bits per heavy atom. The maximum absolute atomic E-state index is 11.4. The number of carboxylic acid groups (broad SMARTS) is 2. The second kappa shape index (κ2) is 8.78. The standard InChI is InChI=1S/C10H19O2.C2H3O2.Sn/c1-3-5-7-9(10(11)12)8-6-4-2;1-2(3)4;/h3-8H2,1-2H3,(H,11,12);1H2,(H,3,4);/p-2. The molecule has 0 saturated carbocycles. The van der Waals surface area contributed by atoms with Crippen LogP contribution in [0.2, 0.25) is 7.87 Å². The molecule has 0 unspecified atom stereocenters. The van der Waals surface area contributed by atoms with Gasteiger partial charge in [-0.25, -0.2) is 0 Å². The third kappa shape index (κ3) is 6.29. The number of hydrogen-bond acceptors (Lipinski definition) is 4. The Morgan fingerprint density at radius 2 is 1.53 bits per heavy atom. The Hall–Kier alpha value is -0.261. The summed E-state index contributed by atoms with van der Waals surface area (Å²) in [6.07, 6.45) is 4.64. The van der Waals surface area contributed by atoms with E-state index >= 15 is 0 Å². The van der Waals surface area contributed by atoms with Crippen LogP contribution in [0.4, 0.5) is 0 Å². The molecular weight excluding hydrogens is 327 g/mol. The van der Waals surface area contributed by atoms with Crippen LogP contribution < -0.4 is 10.2 Å². The molecule has 0 bridgehead atoms. The average Bonchev–Trinajstić information content (AvgIpc) is 2.28. The molecule has 17 heavy (non-hydrogen) atoms. The molecule has 0 amide bonds. The van der Waals surface area contributed by atoms with E-state index in [0.29, 0.717) is 12.8 Å². The molecule has 0 aliphatic rings. The van der Waals surface area contributed by atoms with Crippen molar-refractivity contribution in [3.63, 3.8) is 0 Å². The predicted molar refractivity (Wildman–Crippen MR) is 62.3 cm³/mol. The molecule has 0 spiro atoms. The van der Waals surface area contributed by atoms with Crippen molar-refractivity contribution >= 4 is 33.1 Å². The van der Waals surface area contributed by atoms with Crippen molar-refractivity contribution in [2.75, 3.05) is 0 Å². The van der Waals surface area contributed by atoms with Gasteiger partial charge in [0.05, 0.1) is 0 Å². The Kier molecular flexibility index (Phi) is 8.64. The first-order valence-electron chi connectivity index (χ1n) is 6.14. The summed E-state index contributed by atoms with van der Waals surface area (Å²) in [5.41, 5.74) is 0. The van der Waals surface area contributed by atoms with Crippen LogP contribution in [0.25, 0.3) is 0 Å². The summed E-state index contributed by atoms with van der Waals surface area (Å²) in [7, 11) is 0. The molecule has 0 N–H and O–H groups in total. The van der Waals surface area contributed by atoms with Crippen LogP contribution in [0.5, 0.6) is 0 Å². The quantitative estimate of drug-likeness (QED) is 0.527. The summed E-state index contributed by atoms with van der Waals surface area (Å²) in [6, 6.07) is 0. The number of carboxylic acids is 2. The summed E-state index contributed by atoms with van der Waals surface area (Å²) in [4.78, 5) is 21.9. The molecule has 0 fully saturated rings. The van der Waals surface area contributed by atoms with E-state index < -0.39 is 36.5 Å². The topological polar surface area (TPSA) is 80.3 Å². The van der Waals surface area contributed by atoms with Crippen molar-refractivity contribution in [3.05, 3.63) is 0 Å². The Bertz CT molecular complexity index is 245. The van der Waals surface area contributed by atoms with Gasteiger partial charge in [-0.3, -0.25) is 0 Å². The van der Waals surface area contributed by atoms with Crippen LogP contribution in [0.3, 0.4) is 0 Å². The van der Waals surface area contributed by atoms with Gasteiger partial charge in [0.15, 0.2) is 0 Å². The van der Waals surface area contributed by atoms with E-state index in [9.17, 15) is 19.8 Å². The second-order valence-corrected chi connectivity index (χ2v) is 9.05. The van der Waals surface area contributed by atoms with Gasteiger partial charge in [0, 0.05) is 0 Å². The fraction of sp³-hybridized carbons (Fsp3) is 0.833. The van der Waals surface area contributed by atoms with Crippen molar-refractivity contribution in [2.24, 2.45) is 0 Å². The van der Waals surface area contributed by atoms with Gasteiger partial charge in [0.25, 0.3) is 0 Å². The van der Waals surface area contributed by atoms with Gasteiger partial charge in [-0.15, -0.1) is 0 Å². The van der Waals surface area contributed by atoms with Crippen molar-refractivity contribution in [3.8, 4) is 0 Å². The van der Waals surface area contributed by atoms with Gasteiger partial charge >= 0.3 is 113 Å². The van der Waals surface area contributed by atoms with Gasteiger partial charge in [-0.05, 0) is 0 Å². The molecule has 0 aliphatic heterocycles. The summed E-state index contributed by atoms with van der Waals surface area (Å²) in [5, 5.41) is 21.9. The van der Waals surface area contributed by atoms with E-state index in [2.05, 4.69) is 0 Å². The van der Waals surface area contributed by atoms with E-state index in [4.69, 9.17) is 0 Å². The third-order valence-corrected chi connectivity index (χ3v) is 8.15. The van der Waals surface area contributed by atoms with Gasteiger partial charge < -0.3 is 0 Å². The summed E-state index contributed by atoms with van der Waals surface area (Å²) in [6.45, 7) is 4.01. The van der Waals surface area contributed by atoms with E-state index in [1.54, 1.807) is 0 Å². The number of aliphatic carboxylic acids is 2. The number of unbranched alkanes of at least 4 members (excludes halogenated alkanes) is 2. The number of carbonyl (C=O) groups is 2. The molecule has 0 rings (SSSR count). The minimum atomic E-state index is -1.55. The molecule has 98 valence electrons. The fourth-order valence-corrected chi connectivity index (χ4v) is 5.58. The van der Waals surface area contributed by atoms with E-state index in [1.807, 2.05) is 13.8 Å². The minimum absolute atomic E-state index is 0.0369. The first-order chi connectivity index (χ1) is 7.98. The summed E-state index contributed by atoms with van der Waals surface area (Å²) in [5.74, 6) is -2.15. The Balaban J connectivity index is 4.68. The molecule has 0 aromatic rings. The van der Waals surface area contributed by atoms with Gasteiger partial charge in [-0.2, -0.15) is 0 Å². The van der Waals surface area contributed by atoms with Crippen LogP contribution in [0.1, 0.15) is 52.4 Å². The normalized spacial score (nSPS) is 11.4. The van der Waals surface area contributed by atoms with Gasteiger partial charge in [0.1, 0.15) is 0 Å². The summed E-state index contributed by atoms with van der Waals surface area (Å²) < 4.78 is -0.847. The number of hydrogen-bond donors (Lipinski definition) is 0. The predicted octanol–water partition coefficient (Wildman–Crippen LogP) is 0.148. The molecule has 0 aromatic heterocycles. The number of rotatable bonds is 10. The monoisotopic (exact) mass is 348 g/mol. The number of carbonyl (C=O) groups excluding carboxylic acids is 2. The molecule has 0 atom stereocenters. The summed E-state index contributed by atoms with van der Waals surface area (Å²) >= 11 is -1.55. The second-order valence-electron chi connectivity index (χ2n) is 4.30. The van der Waals surface area contributed by atoms with E-state index in [-0.39, 0.29) is 4.44 Å². The zero-order valence-corrected chi connectivity index (χ0v) is 13.4. The van der Waals surface area contributed by atoms with Gasteiger partial charge in [-0.1, -0.05) is 0 Å². The fourth-order valence-electron chi connectivity index (χ4n) is 1.78. The molecule has 0 saturated heterocycles. The molecule has 2 radical (unpaired) electrons. The van der Waals surface area contributed by atoms with E-state index in [0.717, 1.165) is 25.7 Å². The average molecular weight is 347 g/mol. The maximum atomic E-state index is 11.4. The zero-order valence-electron chi connectivity index (χ0n) is 10.6. The molecule has 0 aliphatic carbocycles. The first kappa shape index (κ1) is 16.7. The SMILES string of the molecule is CCCC[C](CCCC)([Sn][CH2]C(=O)[O-])C(=O)[O-]. The van der Waals surface area contributed by atoms with Gasteiger partial charge in [0.2, 0.25) is 0 Å². The van der Waals surface area contributed by atoms with Crippen LogP contribution >= 0.6 is 0 Å². The van der Waals surface area contributed by atoms with Crippen LogP contribution in [0, 0.1) is 0 Å². The zero-order chi connectivity index (χ0) is 13.3. The van der Waals surface area contributed by atoms with Crippen molar-refractivity contribution < 1.29 is 19.8 Å². The Morgan fingerprint density at radius 3 is 1.82 bits per heavy atom. The van der Waals surface area contributed by atoms with Crippen molar-refractivity contribution in [1.29, 1.82) is 0 Å². The van der Waals surface area contributed by atoms with Crippen molar-refractivity contribution in [2.45, 2.75) is 60.2 Å². The third-order valence-electron chi connectivity index (χ3n) is 2.88. The van der Waals surface area contributed by atoms with E-state index in [1.165, 1.54) is 0 Å². The molecule has 0 heterocycles. The van der Waals surface area contributed by atoms with Crippen LogP contribution in [-0.4, -0.2) is 33.1 Å². The van der Waals surface area contributed by atoms with Crippen LogP contribution in [-0.2, 0) is 9.59 Å².